The van der Waals surface area contributed by atoms with Crippen molar-refractivity contribution in [3.63, 3.8) is 0 Å². The second-order valence-corrected chi connectivity index (χ2v) is 4.14. The van der Waals surface area contributed by atoms with Crippen molar-refractivity contribution in [1.29, 1.82) is 0 Å². The van der Waals surface area contributed by atoms with Crippen LogP contribution in [0.1, 0.15) is 19.5 Å². The van der Waals surface area contributed by atoms with Crippen molar-refractivity contribution in [2.75, 3.05) is 13.7 Å². The molecule has 1 atom stereocenters. The molecule has 0 fully saturated rings. The Bertz CT molecular complexity index is 385. The third kappa shape index (κ3) is 2.15. The molecule has 0 N–H and O–H groups in total. The molecule has 0 amide bonds. The van der Waals surface area contributed by atoms with Gasteiger partial charge in [0, 0.05) is 0 Å². The Labute approximate surface area is 95.3 Å². The van der Waals surface area contributed by atoms with Gasteiger partial charge in [-0.05, 0) is 18.1 Å². The van der Waals surface area contributed by atoms with Crippen molar-refractivity contribution in [2.45, 2.75) is 19.9 Å². The molecule has 1 aliphatic heterocycles. The molecule has 2 rings (SSSR count). The highest BCUT2D eigenvalue weighted by molar-refractivity contribution is 5.93. The van der Waals surface area contributed by atoms with Gasteiger partial charge in [0.15, 0.2) is 0 Å². The summed E-state index contributed by atoms with van der Waals surface area (Å²) in [7, 11) is 1.62. The SMILES string of the molecule is COc1ccc(C2=NC(C(C)C)CO2)nc1. The summed E-state index contributed by atoms with van der Waals surface area (Å²) in [6.45, 7) is 4.94. The molecule has 1 aliphatic rings. The molecule has 0 saturated carbocycles. The van der Waals surface area contributed by atoms with Crippen LogP contribution >= 0.6 is 0 Å². The van der Waals surface area contributed by atoms with Crippen molar-refractivity contribution < 1.29 is 9.47 Å². The fraction of sp³-hybridized carbons (Fsp3) is 0.500. The van der Waals surface area contributed by atoms with Gasteiger partial charge in [0.2, 0.25) is 5.90 Å². The predicted molar refractivity (Wildman–Crippen MR) is 61.9 cm³/mol. The first-order valence-corrected chi connectivity index (χ1v) is 5.41. The Morgan fingerprint density at radius 2 is 2.25 bits per heavy atom. The number of nitrogens with zero attached hydrogens (tertiary/aromatic N) is 2. The highest BCUT2D eigenvalue weighted by Crippen LogP contribution is 2.17. The number of aliphatic imine (C=N–C) groups is 1. The van der Waals surface area contributed by atoms with E-state index in [-0.39, 0.29) is 6.04 Å². The lowest BCUT2D eigenvalue weighted by Crippen LogP contribution is -2.13. The van der Waals surface area contributed by atoms with Crippen LogP contribution in [0.5, 0.6) is 5.75 Å². The second-order valence-electron chi connectivity index (χ2n) is 4.14. The molecule has 1 aromatic heterocycles. The van der Waals surface area contributed by atoms with E-state index in [1.807, 2.05) is 12.1 Å². The molecule has 0 spiro atoms. The van der Waals surface area contributed by atoms with Crippen LogP contribution in [-0.4, -0.2) is 30.6 Å². The molecule has 0 aromatic carbocycles. The number of rotatable bonds is 3. The van der Waals surface area contributed by atoms with Crippen LogP contribution in [0.4, 0.5) is 0 Å². The van der Waals surface area contributed by atoms with Crippen molar-refractivity contribution in [3.05, 3.63) is 24.0 Å². The smallest absolute Gasteiger partial charge is 0.235 e. The minimum absolute atomic E-state index is 0.249. The zero-order chi connectivity index (χ0) is 11.5. The Kier molecular flexibility index (Phi) is 3.08. The lowest BCUT2D eigenvalue weighted by Gasteiger charge is -2.06. The quantitative estimate of drug-likeness (QED) is 0.781. The van der Waals surface area contributed by atoms with Crippen LogP contribution in [0.15, 0.2) is 23.3 Å². The monoisotopic (exact) mass is 220 g/mol. The molecule has 0 radical (unpaired) electrons. The van der Waals surface area contributed by atoms with E-state index in [2.05, 4.69) is 23.8 Å². The summed E-state index contributed by atoms with van der Waals surface area (Å²) in [5.74, 6) is 1.87. The fourth-order valence-electron chi connectivity index (χ4n) is 1.50. The van der Waals surface area contributed by atoms with E-state index < -0.39 is 0 Å². The van der Waals surface area contributed by atoms with Crippen molar-refractivity contribution >= 4 is 5.90 Å². The van der Waals surface area contributed by atoms with Gasteiger partial charge in [0.05, 0.1) is 19.3 Å². The number of ether oxygens (including phenoxy) is 2. The Hall–Kier alpha value is -1.58. The zero-order valence-electron chi connectivity index (χ0n) is 9.80. The van der Waals surface area contributed by atoms with Gasteiger partial charge in [-0.2, -0.15) is 0 Å². The summed E-state index contributed by atoms with van der Waals surface area (Å²) < 4.78 is 10.6. The average Bonchev–Trinajstić information content (AvgIpc) is 2.78. The van der Waals surface area contributed by atoms with Gasteiger partial charge >= 0.3 is 0 Å². The van der Waals surface area contributed by atoms with Gasteiger partial charge < -0.3 is 9.47 Å². The van der Waals surface area contributed by atoms with Gasteiger partial charge in [-0.3, -0.25) is 0 Å². The van der Waals surface area contributed by atoms with Gasteiger partial charge in [0.25, 0.3) is 0 Å². The fourth-order valence-corrected chi connectivity index (χ4v) is 1.50. The Balaban J connectivity index is 2.16. The second kappa shape index (κ2) is 4.51. The summed E-state index contributed by atoms with van der Waals surface area (Å²) >= 11 is 0. The van der Waals surface area contributed by atoms with E-state index in [0.29, 0.717) is 18.4 Å². The van der Waals surface area contributed by atoms with E-state index >= 15 is 0 Å². The summed E-state index contributed by atoms with van der Waals surface area (Å²) in [6, 6.07) is 3.97. The van der Waals surface area contributed by atoms with Gasteiger partial charge in [-0.25, -0.2) is 9.98 Å². The Morgan fingerprint density at radius 1 is 1.44 bits per heavy atom. The van der Waals surface area contributed by atoms with Gasteiger partial charge in [-0.1, -0.05) is 13.8 Å². The molecule has 0 bridgehead atoms. The molecule has 4 nitrogen and oxygen atoms in total. The van der Waals surface area contributed by atoms with Crippen LogP contribution in [0, 0.1) is 5.92 Å². The minimum Gasteiger partial charge on any atom is -0.495 e. The first kappa shape index (κ1) is 10.9. The number of hydrogen-bond donors (Lipinski definition) is 0. The maximum absolute atomic E-state index is 5.53. The van der Waals surface area contributed by atoms with E-state index in [0.717, 1.165) is 11.4 Å². The van der Waals surface area contributed by atoms with Gasteiger partial charge in [-0.15, -0.1) is 0 Å². The largest absolute Gasteiger partial charge is 0.495 e. The molecule has 0 saturated heterocycles. The van der Waals surface area contributed by atoms with Crippen LogP contribution in [0.3, 0.4) is 0 Å². The first-order chi connectivity index (χ1) is 7.70. The molecular formula is C12H16N2O2. The van der Waals surface area contributed by atoms with Crippen molar-refractivity contribution in [3.8, 4) is 5.75 Å². The third-order valence-electron chi connectivity index (χ3n) is 2.63. The first-order valence-electron chi connectivity index (χ1n) is 5.41. The van der Waals surface area contributed by atoms with Crippen LogP contribution < -0.4 is 4.74 Å². The number of aromatic nitrogens is 1. The summed E-state index contributed by atoms with van der Waals surface area (Å²) in [6.07, 6.45) is 1.67. The van der Waals surface area contributed by atoms with E-state index in [4.69, 9.17) is 9.47 Å². The maximum Gasteiger partial charge on any atom is 0.235 e. The molecule has 2 heterocycles. The van der Waals surface area contributed by atoms with Crippen LogP contribution in [0.2, 0.25) is 0 Å². The predicted octanol–water partition coefficient (Wildman–Crippen LogP) is 1.89. The lowest BCUT2D eigenvalue weighted by molar-refractivity contribution is 0.291. The summed E-state index contributed by atoms with van der Waals surface area (Å²) in [5.41, 5.74) is 0.768. The van der Waals surface area contributed by atoms with Crippen LogP contribution in [0.25, 0.3) is 0 Å². The number of pyridine rings is 1. The Morgan fingerprint density at radius 3 is 2.75 bits per heavy atom. The van der Waals surface area contributed by atoms with Crippen molar-refractivity contribution in [1.82, 2.24) is 4.98 Å². The molecule has 86 valence electrons. The molecule has 1 unspecified atom stereocenters. The highest BCUT2D eigenvalue weighted by atomic mass is 16.5. The highest BCUT2D eigenvalue weighted by Gasteiger charge is 2.23. The molecule has 4 heteroatoms. The normalized spacial score (nSPS) is 19.5. The van der Waals surface area contributed by atoms with Gasteiger partial charge in [0.1, 0.15) is 18.1 Å². The topological polar surface area (TPSA) is 43.7 Å². The van der Waals surface area contributed by atoms with E-state index in [9.17, 15) is 0 Å². The molecular weight excluding hydrogens is 204 g/mol. The summed E-state index contributed by atoms with van der Waals surface area (Å²) in [4.78, 5) is 8.75. The maximum atomic E-state index is 5.53. The minimum atomic E-state index is 0.249. The summed E-state index contributed by atoms with van der Waals surface area (Å²) in [5, 5.41) is 0. The van der Waals surface area contributed by atoms with Crippen LogP contribution in [-0.2, 0) is 4.74 Å². The number of hydrogen-bond acceptors (Lipinski definition) is 4. The van der Waals surface area contributed by atoms with E-state index in [1.54, 1.807) is 13.3 Å². The standard InChI is InChI=1S/C12H16N2O2/c1-8(2)11-7-16-12(14-11)10-5-4-9(15-3)6-13-10/h4-6,8,11H,7H2,1-3H3. The third-order valence-corrected chi connectivity index (χ3v) is 2.63. The number of methoxy groups -OCH3 is 1. The lowest BCUT2D eigenvalue weighted by atomic mass is 10.1. The molecule has 0 aliphatic carbocycles. The zero-order valence-corrected chi connectivity index (χ0v) is 9.80. The van der Waals surface area contributed by atoms with Crippen molar-refractivity contribution in [2.24, 2.45) is 10.9 Å². The molecule has 1 aromatic rings. The van der Waals surface area contributed by atoms with E-state index in [1.165, 1.54) is 0 Å². The average molecular weight is 220 g/mol. The molecule has 16 heavy (non-hydrogen) atoms.